The summed E-state index contributed by atoms with van der Waals surface area (Å²) in [7, 11) is 0. The van der Waals surface area contributed by atoms with Crippen molar-refractivity contribution in [3.8, 4) is 0 Å². The Bertz CT molecular complexity index is 766. The minimum atomic E-state index is -0.106. The lowest BCUT2D eigenvalue weighted by Gasteiger charge is -2.22. The molecule has 0 atom stereocenters. The Kier molecular flexibility index (Phi) is 4.65. The molecule has 4 nitrogen and oxygen atoms in total. The van der Waals surface area contributed by atoms with Gasteiger partial charge in [0.2, 0.25) is 0 Å². The Morgan fingerprint density at radius 1 is 1.08 bits per heavy atom. The van der Waals surface area contributed by atoms with Gasteiger partial charge in [-0.25, -0.2) is 0 Å². The van der Waals surface area contributed by atoms with Gasteiger partial charge in [-0.05, 0) is 62.6 Å². The van der Waals surface area contributed by atoms with E-state index in [1.165, 1.54) is 0 Å². The van der Waals surface area contributed by atoms with Crippen molar-refractivity contribution in [3.63, 3.8) is 0 Å². The Balaban J connectivity index is 1.83. The van der Waals surface area contributed by atoms with Gasteiger partial charge in [-0.2, -0.15) is 0 Å². The van der Waals surface area contributed by atoms with Crippen molar-refractivity contribution in [2.24, 2.45) is 0 Å². The average molecular weight is 322 g/mol. The van der Waals surface area contributed by atoms with Crippen LogP contribution in [0.1, 0.15) is 46.0 Å². The number of anilines is 1. The van der Waals surface area contributed by atoms with Crippen LogP contribution in [-0.2, 0) is 0 Å². The molecule has 1 saturated carbocycles. The van der Waals surface area contributed by atoms with Crippen molar-refractivity contribution in [2.45, 2.75) is 32.7 Å². The number of nitrogens with zero attached hydrogens (tertiary/aromatic N) is 1. The molecule has 0 unspecified atom stereocenters. The topological polar surface area (TPSA) is 49.4 Å². The smallest absolute Gasteiger partial charge is 0.258 e. The molecule has 1 aliphatic carbocycles. The molecule has 2 amide bonds. The van der Waals surface area contributed by atoms with E-state index in [9.17, 15) is 9.59 Å². The summed E-state index contributed by atoms with van der Waals surface area (Å²) in [5.41, 5.74) is 3.04. The molecule has 0 saturated heterocycles. The second-order valence-corrected chi connectivity index (χ2v) is 6.22. The Labute approximate surface area is 142 Å². The first-order valence-electron chi connectivity index (χ1n) is 8.38. The third kappa shape index (κ3) is 3.65. The molecule has 0 bridgehead atoms. The monoisotopic (exact) mass is 322 g/mol. The first-order valence-corrected chi connectivity index (χ1v) is 8.38. The summed E-state index contributed by atoms with van der Waals surface area (Å²) in [5.74, 6) is -0.199. The fourth-order valence-electron chi connectivity index (χ4n) is 2.68. The Hall–Kier alpha value is -2.62. The molecule has 0 spiro atoms. The van der Waals surface area contributed by atoms with E-state index in [2.05, 4.69) is 5.32 Å². The number of aryl methyl sites for hydroxylation is 1. The van der Waals surface area contributed by atoms with Crippen LogP contribution in [0.3, 0.4) is 0 Å². The van der Waals surface area contributed by atoms with E-state index in [1.54, 1.807) is 29.2 Å². The maximum Gasteiger partial charge on any atom is 0.258 e. The maximum atomic E-state index is 12.9. The van der Waals surface area contributed by atoms with Crippen molar-refractivity contribution in [1.82, 2.24) is 5.32 Å². The van der Waals surface area contributed by atoms with Crippen LogP contribution in [0.2, 0.25) is 0 Å². The van der Waals surface area contributed by atoms with E-state index >= 15 is 0 Å². The van der Waals surface area contributed by atoms with Crippen LogP contribution in [0.15, 0.2) is 48.5 Å². The van der Waals surface area contributed by atoms with Crippen molar-refractivity contribution >= 4 is 17.5 Å². The minimum absolute atomic E-state index is 0.0934. The van der Waals surface area contributed by atoms with Crippen LogP contribution in [0.5, 0.6) is 0 Å². The number of hydrogen-bond acceptors (Lipinski definition) is 2. The van der Waals surface area contributed by atoms with E-state index in [-0.39, 0.29) is 11.8 Å². The number of nitrogens with one attached hydrogen (secondary N) is 1. The Morgan fingerprint density at radius 3 is 2.46 bits per heavy atom. The summed E-state index contributed by atoms with van der Waals surface area (Å²) < 4.78 is 0. The summed E-state index contributed by atoms with van der Waals surface area (Å²) in [6.45, 7) is 4.52. The molecule has 2 aromatic rings. The molecule has 3 rings (SSSR count). The summed E-state index contributed by atoms with van der Waals surface area (Å²) in [6.07, 6.45) is 2.09. The first-order chi connectivity index (χ1) is 11.6. The predicted octanol–water partition coefficient (Wildman–Crippen LogP) is 3.55. The number of hydrogen-bond donors (Lipinski definition) is 1. The zero-order valence-corrected chi connectivity index (χ0v) is 14.1. The molecule has 1 aliphatic rings. The number of amides is 2. The van der Waals surface area contributed by atoms with Crippen LogP contribution in [0.25, 0.3) is 0 Å². The lowest BCUT2D eigenvalue weighted by atomic mass is 10.1. The maximum absolute atomic E-state index is 12.9. The third-order valence-electron chi connectivity index (χ3n) is 4.16. The quantitative estimate of drug-likeness (QED) is 0.915. The lowest BCUT2D eigenvalue weighted by molar-refractivity contribution is 0.0951. The molecule has 0 heterocycles. The van der Waals surface area contributed by atoms with Gasteiger partial charge in [-0.15, -0.1) is 0 Å². The minimum Gasteiger partial charge on any atom is -0.349 e. The van der Waals surface area contributed by atoms with Crippen molar-refractivity contribution in [2.75, 3.05) is 11.4 Å². The summed E-state index contributed by atoms with van der Waals surface area (Å²) in [5, 5.41) is 2.95. The fourth-order valence-corrected chi connectivity index (χ4v) is 2.68. The molecule has 0 radical (unpaired) electrons. The zero-order valence-electron chi connectivity index (χ0n) is 14.1. The highest BCUT2D eigenvalue weighted by Crippen LogP contribution is 2.21. The van der Waals surface area contributed by atoms with Gasteiger partial charge in [0.25, 0.3) is 11.8 Å². The second kappa shape index (κ2) is 6.87. The predicted molar refractivity (Wildman–Crippen MR) is 95.5 cm³/mol. The van der Waals surface area contributed by atoms with Gasteiger partial charge in [-0.3, -0.25) is 9.59 Å². The largest absolute Gasteiger partial charge is 0.349 e. The van der Waals surface area contributed by atoms with Gasteiger partial charge in [0.15, 0.2) is 0 Å². The van der Waals surface area contributed by atoms with E-state index in [0.29, 0.717) is 23.7 Å². The number of carbonyl (C=O) groups excluding carboxylic acids is 2. The highest BCUT2D eigenvalue weighted by atomic mass is 16.2. The van der Waals surface area contributed by atoms with E-state index < -0.39 is 0 Å². The highest BCUT2D eigenvalue weighted by molar-refractivity contribution is 6.07. The Morgan fingerprint density at radius 2 is 1.79 bits per heavy atom. The van der Waals surface area contributed by atoms with Crippen molar-refractivity contribution in [1.29, 1.82) is 0 Å². The standard InChI is InChI=1S/C20H22N2O2/c1-3-22(18-9-4-6-14(2)12-18)20(24)16-8-5-7-15(13-16)19(23)21-17-10-11-17/h4-9,12-13,17H,3,10-11H2,1-2H3,(H,21,23). The second-order valence-electron chi connectivity index (χ2n) is 6.22. The normalized spacial score (nSPS) is 13.4. The van der Waals surface area contributed by atoms with Crippen molar-refractivity contribution in [3.05, 3.63) is 65.2 Å². The number of rotatable bonds is 5. The molecule has 124 valence electrons. The van der Waals surface area contributed by atoms with Crippen LogP contribution in [0, 0.1) is 6.92 Å². The molecule has 0 aromatic heterocycles. The molecule has 1 N–H and O–H groups in total. The van der Waals surface area contributed by atoms with E-state index in [4.69, 9.17) is 0 Å². The first kappa shape index (κ1) is 16.2. The van der Waals surface area contributed by atoms with Crippen LogP contribution < -0.4 is 10.2 Å². The van der Waals surface area contributed by atoms with Crippen LogP contribution >= 0.6 is 0 Å². The van der Waals surface area contributed by atoms with Crippen LogP contribution in [0.4, 0.5) is 5.69 Å². The van der Waals surface area contributed by atoms with Gasteiger partial charge >= 0.3 is 0 Å². The molecule has 0 aliphatic heterocycles. The van der Waals surface area contributed by atoms with Gasteiger partial charge in [-0.1, -0.05) is 18.2 Å². The van der Waals surface area contributed by atoms with Crippen molar-refractivity contribution < 1.29 is 9.59 Å². The fraction of sp³-hybridized carbons (Fsp3) is 0.300. The molecule has 24 heavy (non-hydrogen) atoms. The van der Waals surface area contributed by atoms with Gasteiger partial charge < -0.3 is 10.2 Å². The van der Waals surface area contributed by atoms with E-state index in [1.807, 2.05) is 38.1 Å². The SMILES string of the molecule is CCN(C(=O)c1cccc(C(=O)NC2CC2)c1)c1cccc(C)c1. The van der Waals surface area contributed by atoms with Crippen LogP contribution in [-0.4, -0.2) is 24.4 Å². The number of carbonyl (C=O) groups is 2. The van der Waals surface area contributed by atoms with E-state index in [0.717, 1.165) is 24.1 Å². The third-order valence-corrected chi connectivity index (χ3v) is 4.16. The molecule has 4 heteroatoms. The number of benzene rings is 2. The van der Waals surface area contributed by atoms with Gasteiger partial charge in [0.1, 0.15) is 0 Å². The summed E-state index contributed by atoms with van der Waals surface area (Å²) in [4.78, 5) is 26.8. The summed E-state index contributed by atoms with van der Waals surface area (Å²) >= 11 is 0. The summed E-state index contributed by atoms with van der Waals surface area (Å²) in [6, 6.07) is 15.1. The van der Waals surface area contributed by atoms with Gasteiger partial charge in [0.05, 0.1) is 0 Å². The average Bonchev–Trinajstić information content (AvgIpc) is 3.39. The molecule has 2 aromatic carbocycles. The molecule has 1 fully saturated rings. The molecular weight excluding hydrogens is 300 g/mol. The zero-order chi connectivity index (χ0) is 17.1. The molecular formula is C20H22N2O2. The lowest BCUT2D eigenvalue weighted by Crippen LogP contribution is -2.31. The highest BCUT2D eigenvalue weighted by Gasteiger charge is 2.24. The van der Waals surface area contributed by atoms with Gasteiger partial charge in [0, 0.05) is 29.4 Å².